The van der Waals surface area contributed by atoms with E-state index in [2.05, 4.69) is 34.1 Å². The van der Waals surface area contributed by atoms with Crippen molar-refractivity contribution in [1.82, 2.24) is 15.0 Å². The molecule has 0 aliphatic carbocycles. The third kappa shape index (κ3) is 8.28. The van der Waals surface area contributed by atoms with Gasteiger partial charge in [0.2, 0.25) is 5.82 Å². The molecule has 1 aromatic heterocycles. The molecule has 1 saturated heterocycles. The predicted octanol–water partition coefficient (Wildman–Crippen LogP) is 7.93. The highest BCUT2D eigenvalue weighted by molar-refractivity contribution is 6.33. The lowest BCUT2D eigenvalue weighted by Crippen LogP contribution is -2.44. The minimum Gasteiger partial charge on any atom is -0.481 e. The van der Waals surface area contributed by atoms with Crippen LogP contribution in [0.25, 0.3) is 34.0 Å². The molecule has 4 aromatic rings. The summed E-state index contributed by atoms with van der Waals surface area (Å²) in [4.78, 5) is 18.8. The Morgan fingerprint density at radius 2 is 1.62 bits per heavy atom. The first-order valence-corrected chi connectivity index (χ1v) is 14.9. The second-order valence-electron chi connectivity index (χ2n) is 12.2. The summed E-state index contributed by atoms with van der Waals surface area (Å²) in [5.41, 5.74) is 9.62. The third-order valence-electron chi connectivity index (χ3n) is 7.34. The third-order valence-corrected chi connectivity index (χ3v) is 7.65. The smallest absolute Gasteiger partial charge is 0.309 e. The van der Waals surface area contributed by atoms with Crippen molar-refractivity contribution in [1.29, 1.82) is 0 Å². The number of aliphatic carboxylic acids is 1. The van der Waals surface area contributed by atoms with Crippen LogP contribution in [-0.2, 0) is 11.3 Å². The summed E-state index contributed by atoms with van der Waals surface area (Å²) in [5.74, 6) is 0.295. The maximum absolute atomic E-state index is 11.8. The van der Waals surface area contributed by atoms with Crippen molar-refractivity contribution in [2.45, 2.75) is 65.5 Å². The molecule has 1 fully saturated rings. The van der Waals surface area contributed by atoms with Crippen molar-refractivity contribution in [3.8, 4) is 34.0 Å². The zero-order valence-electron chi connectivity index (χ0n) is 24.9. The van der Waals surface area contributed by atoms with Gasteiger partial charge in [0.25, 0.3) is 5.89 Å². The van der Waals surface area contributed by atoms with Gasteiger partial charge in [-0.25, -0.2) is 0 Å². The Morgan fingerprint density at radius 1 is 1.00 bits per heavy atom. The molecule has 42 heavy (non-hydrogen) atoms. The van der Waals surface area contributed by atoms with Crippen molar-refractivity contribution in [3.05, 3.63) is 83.4 Å². The lowest BCUT2D eigenvalue weighted by molar-refractivity contribution is -0.152. The van der Waals surface area contributed by atoms with E-state index in [1.165, 1.54) is 5.56 Å². The molecule has 0 spiro atoms. The van der Waals surface area contributed by atoms with Gasteiger partial charge in [0, 0.05) is 33.8 Å². The topological polar surface area (TPSA) is 105 Å². The Bertz CT molecular complexity index is 1450. The number of nitrogens with zero attached hydrogens (tertiary/aromatic N) is 3. The Labute approximate surface area is 253 Å². The monoisotopic (exact) mass is 588 g/mol. The summed E-state index contributed by atoms with van der Waals surface area (Å²) in [5, 5.41) is 14.5. The number of hydrogen-bond acceptors (Lipinski definition) is 6. The molecule has 0 amide bonds. The molecule has 3 N–H and O–H groups in total. The van der Waals surface area contributed by atoms with Gasteiger partial charge >= 0.3 is 5.97 Å². The molecule has 8 heteroatoms. The van der Waals surface area contributed by atoms with E-state index in [1.807, 2.05) is 81.4 Å². The molecular weight excluding hydrogens is 548 g/mol. The number of rotatable bonds is 8. The summed E-state index contributed by atoms with van der Waals surface area (Å²) >= 11 is 6.56. The number of likely N-dealkylation sites (tertiary alicyclic amines) is 1. The number of carboxylic acid groups (broad SMARTS) is 1. The number of aromatic nitrogens is 2. The average Bonchev–Trinajstić information content (AvgIpc) is 3.45. The van der Waals surface area contributed by atoms with Gasteiger partial charge in [0.15, 0.2) is 0 Å². The number of nitrogens with two attached hydrogens (primary N) is 1. The standard InChI is InChI=1S/C30H30ClN3O3.C4H11N/c1-2-14-30(29(35)36)15-17-34(18-16-30)20-21-8-10-23(11-9-21)27-32-28(37-33-27)24-12-13-25(26(31)19-24)22-6-4-3-5-7-22;1-4(2,3)5/h3-13,19H,2,14-18,20H2,1H3,(H,35,36);5H2,1-3H3. The van der Waals surface area contributed by atoms with Gasteiger partial charge in [-0.15, -0.1) is 0 Å². The first-order chi connectivity index (χ1) is 20.0. The molecule has 0 atom stereocenters. The number of carbonyl (C=O) groups is 1. The maximum atomic E-state index is 11.8. The van der Waals surface area contributed by atoms with E-state index in [0.717, 1.165) is 54.7 Å². The van der Waals surface area contributed by atoms with Gasteiger partial charge in [0.05, 0.1) is 5.41 Å². The van der Waals surface area contributed by atoms with E-state index < -0.39 is 11.4 Å². The fourth-order valence-electron chi connectivity index (χ4n) is 5.16. The first kappa shape index (κ1) is 31.4. The molecule has 0 saturated carbocycles. The van der Waals surface area contributed by atoms with E-state index in [1.54, 1.807) is 0 Å². The number of hydrogen-bond donors (Lipinski definition) is 2. The molecule has 0 unspecified atom stereocenters. The summed E-state index contributed by atoms with van der Waals surface area (Å²) in [6.45, 7) is 10.3. The lowest BCUT2D eigenvalue weighted by Gasteiger charge is -2.38. The summed E-state index contributed by atoms with van der Waals surface area (Å²) in [7, 11) is 0. The van der Waals surface area contributed by atoms with Crippen molar-refractivity contribution < 1.29 is 14.4 Å². The quantitative estimate of drug-likeness (QED) is 0.215. The van der Waals surface area contributed by atoms with Crippen LogP contribution in [0.2, 0.25) is 5.02 Å². The van der Waals surface area contributed by atoms with Crippen LogP contribution in [0.4, 0.5) is 0 Å². The summed E-state index contributed by atoms with van der Waals surface area (Å²) < 4.78 is 5.54. The zero-order chi connectivity index (χ0) is 30.3. The van der Waals surface area contributed by atoms with Crippen LogP contribution in [0, 0.1) is 5.41 Å². The van der Waals surface area contributed by atoms with Crippen molar-refractivity contribution in [2.24, 2.45) is 11.1 Å². The Morgan fingerprint density at radius 3 is 2.19 bits per heavy atom. The van der Waals surface area contributed by atoms with Crippen LogP contribution in [0.1, 0.15) is 58.9 Å². The highest BCUT2D eigenvalue weighted by Gasteiger charge is 2.40. The Kier molecular flexibility index (Phi) is 10.2. The van der Waals surface area contributed by atoms with E-state index in [0.29, 0.717) is 29.6 Å². The van der Waals surface area contributed by atoms with Crippen LogP contribution in [0.3, 0.4) is 0 Å². The van der Waals surface area contributed by atoms with E-state index in [-0.39, 0.29) is 5.54 Å². The number of carboxylic acids is 1. The van der Waals surface area contributed by atoms with E-state index in [4.69, 9.17) is 21.9 Å². The van der Waals surface area contributed by atoms with Gasteiger partial charge in [-0.05, 0) is 76.4 Å². The number of halogens is 1. The molecule has 5 rings (SSSR count). The number of benzene rings is 3. The van der Waals surface area contributed by atoms with Gasteiger partial charge in [-0.2, -0.15) is 4.98 Å². The second kappa shape index (κ2) is 13.6. The van der Waals surface area contributed by atoms with Gasteiger partial charge in [0.1, 0.15) is 0 Å². The van der Waals surface area contributed by atoms with Crippen LogP contribution in [0.15, 0.2) is 77.3 Å². The Hall–Kier alpha value is -3.52. The first-order valence-electron chi connectivity index (χ1n) is 14.5. The predicted molar refractivity (Wildman–Crippen MR) is 169 cm³/mol. The second-order valence-corrected chi connectivity index (χ2v) is 12.6. The molecule has 222 valence electrons. The number of piperidine rings is 1. The van der Waals surface area contributed by atoms with E-state index >= 15 is 0 Å². The van der Waals surface area contributed by atoms with Gasteiger partial charge in [-0.3, -0.25) is 9.69 Å². The van der Waals surface area contributed by atoms with Crippen molar-refractivity contribution >= 4 is 17.6 Å². The van der Waals surface area contributed by atoms with Crippen molar-refractivity contribution in [3.63, 3.8) is 0 Å². The largest absolute Gasteiger partial charge is 0.481 e. The molecule has 0 bridgehead atoms. The summed E-state index contributed by atoms with van der Waals surface area (Å²) in [6, 6.07) is 23.9. The SMILES string of the molecule is CC(C)(C)N.CCCC1(C(=O)O)CCN(Cc2ccc(-c3noc(-c4ccc(-c5ccccc5)c(Cl)c4)n3)cc2)CC1. The van der Waals surface area contributed by atoms with Crippen LogP contribution >= 0.6 is 11.6 Å². The molecule has 3 aromatic carbocycles. The average molecular weight is 589 g/mol. The highest BCUT2D eigenvalue weighted by Crippen LogP contribution is 2.37. The molecule has 2 heterocycles. The molecule has 7 nitrogen and oxygen atoms in total. The lowest BCUT2D eigenvalue weighted by atomic mass is 9.75. The van der Waals surface area contributed by atoms with Crippen molar-refractivity contribution in [2.75, 3.05) is 13.1 Å². The van der Waals surface area contributed by atoms with Crippen LogP contribution in [-0.4, -0.2) is 44.7 Å². The highest BCUT2D eigenvalue weighted by atomic mass is 35.5. The fraction of sp³-hybridized carbons (Fsp3) is 0.382. The van der Waals surface area contributed by atoms with Crippen LogP contribution in [0.5, 0.6) is 0 Å². The molecule has 0 radical (unpaired) electrons. The fourth-order valence-corrected chi connectivity index (χ4v) is 5.45. The zero-order valence-corrected chi connectivity index (χ0v) is 25.7. The maximum Gasteiger partial charge on any atom is 0.309 e. The van der Waals surface area contributed by atoms with E-state index in [9.17, 15) is 9.90 Å². The van der Waals surface area contributed by atoms with Crippen LogP contribution < -0.4 is 5.73 Å². The molecule has 1 aliphatic heterocycles. The normalized spacial score (nSPS) is 15.1. The van der Waals surface area contributed by atoms with Gasteiger partial charge in [-0.1, -0.05) is 90.8 Å². The Balaban J connectivity index is 0.000000748. The summed E-state index contributed by atoms with van der Waals surface area (Å²) in [6.07, 6.45) is 3.06. The molecule has 1 aliphatic rings. The minimum absolute atomic E-state index is 0. The minimum atomic E-state index is -0.646. The van der Waals surface area contributed by atoms with Gasteiger partial charge < -0.3 is 15.4 Å². The molecular formula is C34H41ClN4O3.